The molecule has 0 unspecified atom stereocenters. The van der Waals surface area contributed by atoms with Crippen LogP contribution >= 0.6 is 0 Å². The maximum absolute atomic E-state index is 13.0. The number of carbonyl (C=O) groups is 1. The van der Waals surface area contributed by atoms with Gasteiger partial charge in [0.15, 0.2) is 28.8 Å². The largest absolute Gasteiger partial charge is 0.473 e. The number of hydrogen-bond acceptors (Lipinski definition) is 12. The molecule has 4 aliphatic rings. The number of aryl methyl sites for hydroxylation is 1. The predicted octanol–water partition coefficient (Wildman–Crippen LogP) is 3.34. The number of benzene rings is 1. The van der Waals surface area contributed by atoms with Gasteiger partial charge in [-0.05, 0) is 82.2 Å². The molecule has 3 aromatic heterocycles. The molecule has 5 heterocycles. The van der Waals surface area contributed by atoms with Gasteiger partial charge in [0.2, 0.25) is 5.88 Å². The second kappa shape index (κ2) is 12.8. The fourth-order valence-corrected chi connectivity index (χ4v) is 8.55. The second-order valence-corrected chi connectivity index (χ2v) is 13.9. The van der Waals surface area contributed by atoms with E-state index in [2.05, 4.69) is 33.6 Å². The van der Waals surface area contributed by atoms with E-state index >= 15 is 0 Å². The Bertz CT molecular complexity index is 1980. The van der Waals surface area contributed by atoms with Crippen molar-refractivity contribution in [2.75, 3.05) is 39.6 Å². The van der Waals surface area contributed by atoms with E-state index in [1.165, 1.54) is 0 Å². The van der Waals surface area contributed by atoms with Crippen LogP contribution in [0.5, 0.6) is 5.88 Å². The number of fused-ring (bicyclic) bond motifs is 4. The predicted molar refractivity (Wildman–Crippen MR) is 181 cm³/mol. The molecule has 8 rings (SSSR count). The molecule has 0 radical (unpaired) electrons. The molecule has 0 bridgehead atoms. The maximum Gasteiger partial charge on any atom is 0.272 e. The first-order valence-electron chi connectivity index (χ1n) is 17.3. The van der Waals surface area contributed by atoms with Crippen LogP contribution in [0.4, 0.5) is 5.69 Å². The standard InChI is InChI=1S/C36H41N9O5/c1-20(32-27(47-3)10-14-44(32)2)49-29-17-28(45-15-9-26(42-45)35(46)39-22-11-16-48-19-22)40-34(41-29)31-23-5-4-12-36(33(23)50-43-31)13-8-21-6-7-25(38)24(18-37)30(21)36/h6-7,9,15,17,20,22,27,32H,4-5,8,10-14,16,19,38H2,1-3H3,(H,39,46)/t20-,22+,27-,32+,36-/m0/s1. The molecule has 14 nitrogen and oxygen atoms in total. The lowest BCUT2D eigenvalue weighted by Crippen LogP contribution is -2.44. The van der Waals surface area contributed by atoms with E-state index in [0.717, 1.165) is 73.9 Å². The number of nitrogens with two attached hydrogens (primary N) is 1. The second-order valence-electron chi connectivity index (χ2n) is 13.9. The zero-order valence-corrected chi connectivity index (χ0v) is 28.5. The lowest BCUT2D eigenvalue weighted by molar-refractivity contribution is 0.0174. The third kappa shape index (κ3) is 5.40. The van der Waals surface area contributed by atoms with Crippen LogP contribution in [-0.2, 0) is 27.7 Å². The number of hydrogen-bond donors (Lipinski definition) is 2. The number of anilines is 1. The Kier molecular flexibility index (Phi) is 8.29. The Morgan fingerprint density at radius 1 is 1.22 bits per heavy atom. The molecule has 0 saturated carbocycles. The minimum absolute atomic E-state index is 0.0188. The number of rotatable bonds is 8. The number of likely N-dealkylation sites (N-methyl/N-ethyl adjacent to an activating group) is 1. The van der Waals surface area contributed by atoms with E-state index in [4.69, 9.17) is 34.4 Å². The fourth-order valence-electron chi connectivity index (χ4n) is 8.55. The van der Waals surface area contributed by atoms with Gasteiger partial charge in [-0.25, -0.2) is 9.67 Å². The minimum Gasteiger partial charge on any atom is -0.473 e. The first-order valence-corrected chi connectivity index (χ1v) is 17.3. The van der Waals surface area contributed by atoms with Gasteiger partial charge in [0.1, 0.15) is 12.2 Å². The van der Waals surface area contributed by atoms with Gasteiger partial charge in [0, 0.05) is 43.8 Å². The van der Waals surface area contributed by atoms with Crippen molar-refractivity contribution in [1.29, 1.82) is 5.26 Å². The number of nitrogens with one attached hydrogen (secondary N) is 1. The Hall–Kier alpha value is -4.84. The molecule has 1 aromatic carbocycles. The fraction of sp³-hybridized carbons (Fsp3) is 0.500. The Labute approximate surface area is 289 Å². The molecule has 14 heteroatoms. The van der Waals surface area contributed by atoms with Gasteiger partial charge in [-0.3, -0.25) is 9.69 Å². The number of ether oxygens (including phenoxy) is 3. The monoisotopic (exact) mass is 679 g/mol. The normalized spacial score (nSPS) is 25.0. The summed E-state index contributed by atoms with van der Waals surface area (Å²) in [6.07, 6.45) is 7.16. The van der Waals surface area contributed by atoms with E-state index in [1.807, 2.05) is 19.1 Å². The molecule has 50 heavy (non-hydrogen) atoms. The molecule has 260 valence electrons. The van der Waals surface area contributed by atoms with E-state index in [-0.39, 0.29) is 35.9 Å². The molecular weight excluding hydrogens is 638 g/mol. The first kappa shape index (κ1) is 32.4. The van der Waals surface area contributed by atoms with Gasteiger partial charge in [-0.2, -0.15) is 15.3 Å². The van der Waals surface area contributed by atoms with Gasteiger partial charge < -0.3 is 29.8 Å². The Balaban J connectivity index is 1.19. The summed E-state index contributed by atoms with van der Waals surface area (Å²) < 4.78 is 25.5. The van der Waals surface area contributed by atoms with Crippen LogP contribution in [0.15, 0.2) is 35.0 Å². The number of amides is 1. The van der Waals surface area contributed by atoms with Crippen LogP contribution in [0.3, 0.4) is 0 Å². The summed E-state index contributed by atoms with van der Waals surface area (Å²) in [7, 11) is 3.80. The number of nitriles is 1. The summed E-state index contributed by atoms with van der Waals surface area (Å²) in [6.45, 7) is 4.03. The number of carbonyl (C=O) groups excluding carboxylic acids is 1. The SMILES string of the molecule is CO[C@H]1CCN(C)[C@@H]1[C@H](C)Oc1cc(-n2ccc(C(=O)N[C@@H]3CCOC3)n2)nc(-c2noc3c2CCC[C@@]32CCc3ccc(N)c(C#N)c32)n1. The molecule has 1 spiro atoms. The Morgan fingerprint density at radius 2 is 2.10 bits per heavy atom. The number of nitrogen functional groups attached to an aromatic ring is 1. The summed E-state index contributed by atoms with van der Waals surface area (Å²) in [6, 6.07) is 9.57. The van der Waals surface area contributed by atoms with Crippen molar-refractivity contribution in [2.45, 2.75) is 81.6 Å². The highest BCUT2D eigenvalue weighted by atomic mass is 16.5. The van der Waals surface area contributed by atoms with Crippen LogP contribution in [-0.4, -0.2) is 93.9 Å². The number of likely N-dealkylation sites (tertiary alicyclic amines) is 1. The molecule has 2 aliphatic heterocycles. The smallest absolute Gasteiger partial charge is 0.272 e. The van der Waals surface area contributed by atoms with Crippen molar-refractivity contribution in [3.05, 3.63) is 64.2 Å². The number of methoxy groups -OCH3 is 1. The van der Waals surface area contributed by atoms with E-state index in [9.17, 15) is 10.1 Å². The highest BCUT2D eigenvalue weighted by Crippen LogP contribution is 2.54. The molecule has 2 aliphatic carbocycles. The summed E-state index contributed by atoms with van der Waals surface area (Å²) in [5.41, 5.74) is 10.6. The van der Waals surface area contributed by atoms with Crippen molar-refractivity contribution >= 4 is 11.6 Å². The average Bonchev–Trinajstić information content (AvgIpc) is 3.96. The minimum atomic E-state index is -0.503. The quantitative estimate of drug-likeness (QED) is 0.260. The van der Waals surface area contributed by atoms with Crippen molar-refractivity contribution in [2.24, 2.45) is 0 Å². The van der Waals surface area contributed by atoms with E-state index in [0.29, 0.717) is 47.7 Å². The molecule has 1 amide bonds. The van der Waals surface area contributed by atoms with Gasteiger partial charge in [0.05, 0.1) is 35.8 Å². The lowest BCUT2D eigenvalue weighted by Gasteiger charge is -2.33. The van der Waals surface area contributed by atoms with Crippen LogP contribution in [0.2, 0.25) is 0 Å². The third-order valence-electron chi connectivity index (χ3n) is 11.0. The highest BCUT2D eigenvalue weighted by molar-refractivity contribution is 5.92. The molecular formula is C36H41N9O5. The van der Waals surface area contributed by atoms with Crippen molar-refractivity contribution in [3.8, 4) is 29.3 Å². The summed E-state index contributed by atoms with van der Waals surface area (Å²) in [5, 5.41) is 22.3. The number of aromatic nitrogens is 5. The zero-order chi connectivity index (χ0) is 34.6. The number of nitrogens with zero attached hydrogens (tertiary/aromatic N) is 7. The summed E-state index contributed by atoms with van der Waals surface area (Å²) in [5.74, 6) is 1.54. The average molecular weight is 680 g/mol. The van der Waals surface area contributed by atoms with E-state index in [1.54, 1.807) is 30.1 Å². The van der Waals surface area contributed by atoms with E-state index < -0.39 is 5.41 Å². The van der Waals surface area contributed by atoms with Crippen molar-refractivity contribution < 1.29 is 23.5 Å². The molecule has 2 fully saturated rings. The van der Waals surface area contributed by atoms with Gasteiger partial charge in [-0.15, -0.1) is 0 Å². The molecule has 3 N–H and O–H groups in total. The van der Waals surface area contributed by atoms with Crippen LogP contribution in [0, 0.1) is 11.3 Å². The molecule has 5 atom stereocenters. The Morgan fingerprint density at radius 3 is 2.90 bits per heavy atom. The summed E-state index contributed by atoms with van der Waals surface area (Å²) in [4.78, 5) is 25.1. The van der Waals surface area contributed by atoms with Crippen molar-refractivity contribution in [1.82, 2.24) is 35.1 Å². The highest BCUT2D eigenvalue weighted by Gasteiger charge is 2.49. The van der Waals surface area contributed by atoms with Gasteiger partial charge >= 0.3 is 0 Å². The van der Waals surface area contributed by atoms with Gasteiger partial charge in [-0.1, -0.05) is 11.2 Å². The summed E-state index contributed by atoms with van der Waals surface area (Å²) >= 11 is 0. The topological polar surface area (TPSA) is 179 Å². The van der Waals surface area contributed by atoms with Crippen molar-refractivity contribution in [3.63, 3.8) is 0 Å². The first-order chi connectivity index (χ1) is 24.3. The molecule has 4 aromatic rings. The lowest BCUT2D eigenvalue weighted by atomic mass is 9.68. The third-order valence-corrected chi connectivity index (χ3v) is 11.0. The van der Waals surface area contributed by atoms with Crippen LogP contribution in [0.25, 0.3) is 17.3 Å². The van der Waals surface area contributed by atoms with Gasteiger partial charge in [0.25, 0.3) is 5.91 Å². The molecule has 2 saturated heterocycles. The van der Waals surface area contributed by atoms with Crippen LogP contribution in [0.1, 0.15) is 77.5 Å². The maximum atomic E-state index is 13.0. The zero-order valence-electron chi connectivity index (χ0n) is 28.5. The van der Waals surface area contributed by atoms with Crippen LogP contribution < -0.4 is 15.8 Å².